The summed E-state index contributed by atoms with van der Waals surface area (Å²) in [5.41, 5.74) is -1.37. The lowest BCUT2D eigenvalue weighted by Gasteiger charge is -2.49. The van der Waals surface area contributed by atoms with Crippen LogP contribution in [0.1, 0.15) is 172 Å². The number of carbonyl (C=O) groups is 3. The summed E-state index contributed by atoms with van der Waals surface area (Å²) in [6.45, 7) is 19.1. The van der Waals surface area contributed by atoms with Gasteiger partial charge in [0.1, 0.15) is 12.2 Å². The van der Waals surface area contributed by atoms with Crippen molar-refractivity contribution >= 4 is 17.9 Å². The molecule has 0 bridgehead atoms. The first kappa shape index (κ1) is 49.2. The van der Waals surface area contributed by atoms with Crippen LogP contribution in [-0.4, -0.2) is 105 Å². The highest BCUT2D eigenvalue weighted by Crippen LogP contribution is 2.54. The summed E-state index contributed by atoms with van der Waals surface area (Å²) in [5, 5.41) is 31.1. The molecular weight excluding hydrogens is 773 g/mol. The molecule has 13 nitrogen and oxygen atoms in total. The summed E-state index contributed by atoms with van der Waals surface area (Å²) < 4.78 is 46.3. The SMILES string of the molecule is CCCCCCCCCC(=O)O[C@H]1C[C@]2(CC[C@@](C)([C@H]3CC[C@@](C)(C4O[C@@H]([C@H]5O[C@@](O)(CO)[C@H](C)C[C@@H]5C)C[C@@H]4C)O3)O2)O[C@H]([C@@H](C)[C@@H](OC(=O)CC)[C@@H](C)C(=O)O)[C@@H]1C. The Labute approximate surface area is 359 Å². The van der Waals surface area contributed by atoms with Gasteiger partial charge in [0, 0.05) is 43.4 Å². The average molecular weight is 853 g/mol. The zero-order valence-corrected chi connectivity index (χ0v) is 38.5. The van der Waals surface area contributed by atoms with E-state index in [4.69, 9.17) is 33.2 Å². The minimum Gasteiger partial charge on any atom is -0.481 e. The van der Waals surface area contributed by atoms with E-state index in [9.17, 15) is 29.7 Å². The molecule has 5 saturated heterocycles. The summed E-state index contributed by atoms with van der Waals surface area (Å²) in [5.74, 6) is -6.37. The van der Waals surface area contributed by atoms with E-state index < -0.39 is 71.5 Å². The van der Waals surface area contributed by atoms with Crippen LogP contribution < -0.4 is 0 Å². The summed E-state index contributed by atoms with van der Waals surface area (Å²) in [7, 11) is 0. The Kier molecular flexibility index (Phi) is 16.6. The van der Waals surface area contributed by atoms with E-state index in [-0.39, 0.29) is 60.5 Å². The first-order valence-electron chi connectivity index (χ1n) is 23.6. The van der Waals surface area contributed by atoms with Crippen LogP contribution in [0.15, 0.2) is 0 Å². The van der Waals surface area contributed by atoms with Gasteiger partial charge in [-0.1, -0.05) is 87.0 Å². The Hall–Kier alpha value is -1.87. The van der Waals surface area contributed by atoms with Crippen molar-refractivity contribution in [2.24, 2.45) is 35.5 Å². The van der Waals surface area contributed by atoms with Crippen molar-refractivity contribution in [1.82, 2.24) is 0 Å². The highest BCUT2D eigenvalue weighted by Gasteiger charge is 2.62. The number of aliphatic carboxylic acids is 1. The number of hydrogen-bond donors (Lipinski definition) is 3. The molecule has 1 spiro atoms. The summed E-state index contributed by atoms with van der Waals surface area (Å²) in [4.78, 5) is 38.4. The van der Waals surface area contributed by atoms with Gasteiger partial charge in [-0.05, 0) is 71.1 Å². The third-order valence-corrected chi connectivity index (χ3v) is 15.2. The second-order valence-electron chi connectivity index (χ2n) is 20.1. The molecule has 5 aliphatic heterocycles. The van der Waals surface area contributed by atoms with Crippen molar-refractivity contribution in [2.45, 2.75) is 237 Å². The van der Waals surface area contributed by atoms with Gasteiger partial charge < -0.3 is 48.5 Å². The van der Waals surface area contributed by atoms with Gasteiger partial charge in [-0.15, -0.1) is 0 Å². The Morgan fingerprint density at radius 2 is 1.52 bits per heavy atom. The summed E-state index contributed by atoms with van der Waals surface area (Å²) in [6.07, 6.45) is 9.11. The monoisotopic (exact) mass is 853 g/mol. The lowest BCUT2D eigenvalue weighted by Crippen LogP contribution is -2.57. The number of carboxylic acid groups (broad SMARTS) is 1. The molecule has 0 aromatic heterocycles. The van der Waals surface area contributed by atoms with Crippen molar-refractivity contribution in [1.29, 1.82) is 0 Å². The number of carbonyl (C=O) groups excluding carboxylic acids is 2. The molecule has 17 atom stereocenters. The van der Waals surface area contributed by atoms with E-state index in [0.717, 1.165) is 44.9 Å². The standard InChI is InChI=1S/C47H80O13/c1-11-13-14-15-16-17-18-19-38(50)54-35-26-46(58-41(31(35)6)32(7)40(33(8)43(51)52)56-37(49)12-2)23-22-44(9,60-46)36-20-21-45(10,57-36)42-29(4)25-34(55-42)39-28(3)24-30(5)47(53,27-48)59-39/h28-36,39-42,48,53H,11-27H2,1-10H3,(H,51,52)/t28-,29-,30+,31+,32-,33+,34+,35-,36+,39-,40+,41-,42?,44-,45-,46+,47-/m0/s1. The maximum Gasteiger partial charge on any atom is 0.309 e. The van der Waals surface area contributed by atoms with Gasteiger partial charge in [-0.2, -0.15) is 0 Å². The second kappa shape index (κ2) is 20.3. The smallest absolute Gasteiger partial charge is 0.309 e. The fourth-order valence-electron chi connectivity index (χ4n) is 11.2. The molecule has 1 unspecified atom stereocenters. The number of esters is 2. The first-order valence-corrected chi connectivity index (χ1v) is 23.6. The van der Waals surface area contributed by atoms with Gasteiger partial charge in [0.2, 0.25) is 0 Å². The predicted octanol–water partition coefficient (Wildman–Crippen LogP) is 7.88. The van der Waals surface area contributed by atoms with Gasteiger partial charge in [-0.3, -0.25) is 14.4 Å². The van der Waals surface area contributed by atoms with E-state index in [2.05, 4.69) is 34.6 Å². The minimum absolute atomic E-state index is 0.104. The van der Waals surface area contributed by atoms with Crippen molar-refractivity contribution < 1.29 is 62.9 Å². The lowest BCUT2D eigenvalue weighted by atomic mass is 9.78. The second-order valence-corrected chi connectivity index (χ2v) is 20.1. The molecule has 0 aromatic carbocycles. The average Bonchev–Trinajstić information content (AvgIpc) is 3.91. The quantitative estimate of drug-likeness (QED) is 0.0846. The number of carboxylic acids is 1. The highest BCUT2D eigenvalue weighted by atomic mass is 16.7. The van der Waals surface area contributed by atoms with Crippen molar-refractivity contribution in [3.8, 4) is 0 Å². The number of rotatable bonds is 19. The van der Waals surface area contributed by atoms with Crippen LogP contribution in [0.3, 0.4) is 0 Å². The van der Waals surface area contributed by atoms with Crippen molar-refractivity contribution in [2.75, 3.05) is 6.61 Å². The fourth-order valence-corrected chi connectivity index (χ4v) is 11.2. The number of ether oxygens (including phenoxy) is 7. The van der Waals surface area contributed by atoms with Crippen LogP contribution >= 0.6 is 0 Å². The molecule has 60 heavy (non-hydrogen) atoms. The third-order valence-electron chi connectivity index (χ3n) is 15.2. The van der Waals surface area contributed by atoms with E-state index in [0.29, 0.717) is 25.7 Å². The molecular formula is C47H80O13. The Bertz CT molecular complexity index is 1440. The Morgan fingerprint density at radius 3 is 2.17 bits per heavy atom. The maximum atomic E-state index is 13.4. The molecule has 5 fully saturated rings. The molecule has 13 heteroatoms. The van der Waals surface area contributed by atoms with Crippen molar-refractivity contribution in [3.63, 3.8) is 0 Å². The molecule has 0 amide bonds. The molecule has 5 rings (SSSR count). The molecule has 5 aliphatic rings. The summed E-state index contributed by atoms with van der Waals surface area (Å²) in [6, 6.07) is 0. The Balaban J connectivity index is 1.31. The predicted molar refractivity (Wildman–Crippen MR) is 224 cm³/mol. The van der Waals surface area contributed by atoms with Crippen LogP contribution in [-0.2, 0) is 47.5 Å². The molecule has 0 radical (unpaired) electrons. The molecule has 0 saturated carbocycles. The fraction of sp³-hybridized carbons (Fsp3) is 0.936. The van der Waals surface area contributed by atoms with Gasteiger partial charge >= 0.3 is 17.9 Å². The molecule has 3 N–H and O–H groups in total. The zero-order valence-electron chi connectivity index (χ0n) is 38.5. The molecule has 346 valence electrons. The summed E-state index contributed by atoms with van der Waals surface area (Å²) >= 11 is 0. The molecule has 0 aliphatic carbocycles. The van der Waals surface area contributed by atoms with Crippen LogP contribution in [0, 0.1) is 35.5 Å². The maximum absolute atomic E-state index is 13.4. The third kappa shape index (κ3) is 10.9. The molecule has 0 aromatic rings. The van der Waals surface area contributed by atoms with Gasteiger partial charge in [-0.25, -0.2) is 0 Å². The van der Waals surface area contributed by atoms with Crippen LogP contribution in [0.5, 0.6) is 0 Å². The largest absolute Gasteiger partial charge is 0.481 e. The van der Waals surface area contributed by atoms with Gasteiger partial charge in [0.25, 0.3) is 0 Å². The zero-order chi connectivity index (χ0) is 44.2. The van der Waals surface area contributed by atoms with E-state index >= 15 is 0 Å². The van der Waals surface area contributed by atoms with Crippen LogP contribution in [0.4, 0.5) is 0 Å². The molecule has 5 heterocycles. The highest BCUT2D eigenvalue weighted by molar-refractivity contribution is 5.73. The van der Waals surface area contributed by atoms with E-state index in [1.165, 1.54) is 25.7 Å². The number of aliphatic hydroxyl groups is 2. The van der Waals surface area contributed by atoms with Crippen LogP contribution in [0.25, 0.3) is 0 Å². The minimum atomic E-state index is -1.60. The van der Waals surface area contributed by atoms with Gasteiger partial charge in [0.05, 0.1) is 54.2 Å². The van der Waals surface area contributed by atoms with Crippen molar-refractivity contribution in [3.05, 3.63) is 0 Å². The number of hydrogen-bond acceptors (Lipinski definition) is 12. The normalized spacial score (nSPS) is 42.2. The van der Waals surface area contributed by atoms with E-state index in [1.807, 2.05) is 20.8 Å². The Morgan fingerprint density at radius 1 is 0.833 bits per heavy atom. The van der Waals surface area contributed by atoms with E-state index in [1.54, 1.807) is 13.8 Å². The first-order chi connectivity index (χ1) is 28.2. The van der Waals surface area contributed by atoms with Crippen LogP contribution in [0.2, 0.25) is 0 Å². The number of unbranched alkanes of at least 4 members (excludes halogenated alkanes) is 6. The topological polar surface area (TPSA) is 177 Å². The lowest BCUT2D eigenvalue weighted by molar-refractivity contribution is -0.336. The van der Waals surface area contributed by atoms with Gasteiger partial charge in [0.15, 0.2) is 11.6 Å². The number of aliphatic hydroxyl groups excluding tert-OH is 1.